The van der Waals surface area contributed by atoms with Crippen molar-refractivity contribution in [1.82, 2.24) is 0 Å². The summed E-state index contributed by atoms with van der Waals surface area (Å²) in [5.74, 6) is -0.180. The number of Topliss-reactive ketones (excluding diaryl/α,β-unsaturated/α-hetero) is 1. The first-order valence-electron chi connectivity index (χ1n) is 5.54. The lowest BCUT2D eigenvalue weighted by molar-refractivity contribution is -0.140. The summed E-state index contributed by atoms with van der Waals surface area (Å²) in [6, 6.07) is 0. The third kappa shape index (κ3) is 3.33. The topological polar surface area (TPSA) is 54.4 Å². The molecule has 0 aromatic heterocycles. The van der Waals surface area contributed by atoms with Crippen molar-refractivity contribution < 1.29 is 14.7 Å². The largest absolute Gasteiger partial charge is 0.481 e. The van der Waals surface area contributed by atoms with Gasteiger partial charge in [0.25, 0.3) is 0 Å². The van der Waals surface area contributed by atoms with Gasteiger partial charge in [-0.25, -0.2) is 0 Å². The Labute approximate surface area is 90.9 Å². The fraction of sp³-hybridized carbons (Fsp3) is 0.833. The Hall–Kier alpha value is -0.860. The maximum Gasteiger partial charge on any atom is 0.303 e. The molecule has 0 spiro atoms. The van der Waals surface area contributed by atoms with Crippen LogP contribution in [0, 0.1) is 17.3 Å². The molecule has 1 N–H and O–H groups in total. The van der Waals surface area contributed by atoms with Gasteiger partial charge in [0.1, 0.15) is 5.78 Å². The van der Waals surface area contributed by atoms with E-state index in [0.717, 1.165) is 6.42 Å². The van der Waals surface area contributed by atoms with Crippen LogP contribution in [0.5, 0.6) is 0 Å². The van der Waals surface area contributed by atoms with Crippen LogP contribution in [0.2, 0.25) is 0 Å². The average molecular weight is 212 g/mol. The van der Waals surface area contributed by atoms with E-state index in [0.29, 0.717) is 18.8 Å². The van der Waals surface area contributed by atoms with Crippen molar-refractivity contribution in [2.45, 2.75) is 46.5 Å². The molecule has 0 radical (unpaired) electrons. The van der Waals surface area contributed by atoms with Crippen LogP contribution >= 0.6 is 0 Å². The van der Waals surface area contributed by atoms with Crippen molar-refractivity contribution in [3.8, 4) is 0 Å². The highest BCUT2D eigenvalue weighted by molar-refractivity contribution is 5.80. The number of aliphatic carboxylic acids is 1. The lowest BCUT2D eigenvalue weighted by Gasteiger charge is -2.39. The zero-order chi connectivity index (χ0) is 11.6. The second-order valence-electron chi connectivity index (χ2n) is 5.61. The maximum absolute atomic E-state index is 11.3. The molecule has 86 valence electrons. The summed E-state index contributed by atoms with van der Waals surface area (Å²) in [5.41, 5.74) is 0.0980. The fourth-order valence-corrected chi connectivity index (χ4v) is 2.67. The van der Waals surface area contributed by atoms with E-state index in [-0.39, 0.29) is 23.5 Å². The fourth-order valence-electron chi connectivity index (χ4n) is 2.67. The average Bonchev–Trinajstić information content (AvgIpc) is 1.99. The van der Waals surface area contributed by atoms with Crippen molar-refractivity contribution in [2.24, 2.45) is 17.3 Å². The first kappa shape index (κ1) is 12.2. The van der Waals surface area contributed by atoms with Gasteiger partial charge < -0.3 is 5.11 Å². The lowest BCUT2D eigenvalue weighted by atomic mass is 9.65. The molecule has 1 rings (SSSR count). The standard InChI is InChI=1S/C12H20O3/c1-12(2,3)10-5-4-9(13)6-8(10)7-11(14)15/h8,10H,4-7H2,1-3H3,(H,14,15). The van der Waals surface area contributed by atoms with Crippen LogP contribution in [0.15, 0.2) is 0 Å². The molecule has 1 aliphatic rings. The van der Waals surface area contributed by atoms with Gasteiger partial charge in [-0.15, -0.1) is 0 Å². The van der Waals surface area contributed by atoms with E-state index in [9.17, 15) is 9.59 Å². The molecule has 0 heterocycles. The molecule has 0 aliphatic heterocycles. The molecule has 3 nitrogen and oxygen atoms in total. The minimum Gasteiger partial charge on any atom is -0.481 e. The predicted molar refractivity (Wildman–Crippen MR) is 57.5 cm³/mol. The Bertz CT molecular complexity index is 261. The van der Waals surface area contributed by atoms with E-state index in [1.807, 2.05) is 0 Å². The number of carboxylic acids is 1. The quantitative estimate of drug-likeness (QED) is 0.765. The second kappa shape index (κ2) is 4.33. The SMILES string of the molecule is CC(C)(C)C1CCC(=O)CC1CC(=O)O. The van der Waals surface area contributed by atoms with E-state index in [1.165, 1.54) is 0 Å². The van der Waals surface area contributed by atoms with E-state index in [2.05, 4.69) is 20.8 Å². The van der Waals surface area contributed by atoms with E-state index >= 15 is 0 Å². The van der Waals surface area contributed by atoms with Gasteiger partial charge in [0.05, 0.1) is 0 Å². The molecule has 1 fully saturated rings. The Kier molecular flexibility index (Phi) is 3.53. The normalized spacial score (nSPS) is 27.8. The summed E-state index contributed by atoms with van der Waals surface area (Å²) in [6.45, 7) is 6.38. The van der Waals surface area contributed by atoms with E-state index < -0.39 is 5.97 Å². The molecule has 0 amide bonds. The molecule has 0 aromatic rings. The van der Waals surface area contributed by atoms with E-state index in [4.69, 9.17) is 5.11 Å². The van der Waals surface area contributed by atoms with Gasteiger partial charge in [0, 0.05) is 19.3 Å². The zero-order valence-corrected chi connectivity index (χ0v) is 9.75. The highest BCUT2D eigenvalue weighted by atomic mass is 16.4. The van der Waals surface area contributed by atoms with Gasteiger partial charge in [-0.1, -0.05) is 20.8 Å². The molecule has 1 saturated carbocycles. The molecule has 2 unspecified atom stereocenters. The van der Waals surface area contributed by atoms with Crippen LogP contribution < -0.4 is 0 Å². The van der Waals surface area contributed by atoms with Crippen molar-refractivity contribution in [2.75, 3.05) is 0 Å². The molecular weight excluding hydrogens is 192 g/mol. The maximum atomic E-state index is 11.3. The van der Waals surface area contributed by atoms with E-state index in [1.54, 1.807) is 0 Å². The zero-order valence-electron chi connectivity index (χ0n) is 9.75. The molecule has 3 heteroatoms. The summed E-state index contributed by atoms with van der Waals surface area (Å²) in [6.07, 6.45) is 2.06. The summed E-state index contributed by atoms with van der Waals surface area (Å²) < 4.78 is 0. The highest BCUT2D eigenvalue weighted by Gasteiger charge is 2.37. The van der Waals surface area contributed by atoms with Gasteiger partial charge >= 0.3 is 5.97 Å². The summed E-state index contributed by atoms with van der Waals surface area (Å²) in [4.78, 5) is 22.1. The second-order valence-corrected chi connectivity index (χ2v) is 5.61. The van der Waals surface area contributed by atoms with Crippen LogP contribution in [0.25, 0.3) is 0 Å². The highest BCUT2D eigenvalue weighted by Crippen LogP contribution is 2.42. The Morgan fingerprint density at radius 2 is 2.07 bits per heavy atom. The summed E-state index contributed by atoms with van der Waals surface area (Å²) in [5, 5.41) is 8.82. The Morgan fingerprint density at radius 3 is 2.53 bits per heavy atom. The van der Waals surface area contributed by atoms with Gasteiger partial charge in [-0.3, -0.25) is 9.59 Å². The molecule has 0 saturated heterocycles. The Morgan fingerprint density at radius 1 is 1.47 bits per heavy atom. The van der Waals surface area contributed by atoms with Gasteiger partial charge in [-0.05, 0) is 23.7 Å². The summed E-state index contributed by atoms with van der Waals surface area (Å²) >= 11 is 0. The van der Waals surface area contributed by atoms with Crippen LogP contribution in [0.3, 0.4) is 0 Å². The van der Waals surface area contributed by atoms with Crippen LogP contribution in [0.4, 0.5) is 0 Å². The Balaban J connectivity index is 2.75. The third-order valence-corrected chi connectivity index (χ3v) is 3.34. The van der Waals surface area contributed by atoms with Crippen LogP contribution in [-0.4, -0.2) is 16.9 Å². The van der Waals surface area contributed by atoms with Gasteiger partial charge in [0.15, 0.2) is 0 Å². The monoisotopic (exact) mass is 212 g/mol. The lowest BCUT2D eigenvalue weighted by Crippen LogP contribution is -2.35. The molecular formula is C12H20O3. The number of ketones is 1. The summed E-state index contributed by atoms with van der Waals surface area (Å²) in [7, 11) is 0. The number of rotatable bonds is 2. The molecule has 0 aromatic carbocycles. The van der Waals surface area contributed by atoms with Crippen molar-refractivity contribution in [3.63, 3.8) is 0 Å². The smallest absolute Gasteiger partial charge is 0.303 e. The molecule has 2 atom stereocenters. The minimum absolute atomic E-state index is 0.0312. The van der Waals surface area contributed by atoms with Gasteiger partial charge in [-0.2, -0.15) is 0 Å². The predicted octanol–water partition coefficient (Wildman–Crippen LogP) is 2.49. The number of hydrogen-bond acceptors (Lipinski definition) is 2. The first-order valence-corrected chi connectivity index (χ1v) is 5.54. The van der Waals surface area contributed by atoms with Gasteiger partial charge in [0.2, 0.25) is 0 Å². The number of carbonyl (C=O) groups is 2. The van der Waals surface area contributed by atoms with Crippen molar-refractivity contribution >= 4 is 11.8 Å². The number of carboxylic acid groups (broad SMARTS) is 1. The molecule has 1 aliphatic carbocycles. The number of hydrogen-bond donors (Lipinski definition) is 1. The molecule has 15 heavy (non-hydrogen) atoms. The van der Waals surface area contributed by atoms with Crippen LogP contribution in [0.1, 0.15) is 46.5 Å². The first-order chi connectivity index (χ1) is 6.80. The van der Waals surface area contributed by atoms with Crippen molar-refractivity contribution in [1.29, 1.82) is 0 Å². The van der Waals surface area contributed by atoms with Crippen molar-refractivity contribution in [3.05, 3.63) is 0 Å². The molecule has 0 bridgehead atoms. The number of carbonyl (C=O) groups excluding carboxylic acids is 1. The third-order valence-electron chi connectivity index (χ3n) is 3.34. The van der Waals surface area contributed by atoms with Crippen LogP contribution in [-0.2, 0) is 9.59 Å². The minimum atomic E-state index is -0.788.